The largest absolute Gasteiger partial charge is 0.419 e. The van der Waals surface area contributed by atoms with Gasteiger partial charge in [0.25, 0.3) is 0 Å². The van der Waals surface area contributed by atoms with Gasteiger partial charge in [0.15, 0.2) is 5.58 Å². The predicted molar refractivity (Wildman–Crippen MR) is 86.4 cm³/mol. The second kappa shape index (κ2) is 5.16. The molecule has 108 valence electrons. The molecule has 3 aromatic rings. The minimum Gasteiger partial charge on any atom is -0.408 e. The van der Waals surface area contributed by atoms with Crippen molar-refractivity contribution in [3.05, 3.63) is 68.1 Å². The Balaban J connectivity index is 2.08. The number of nitrogens with two attached hydrogens (primary N) is 1. The highest BCUT2D eigenvalue weighted by atomic mass is 79.9. The minimum absolute atomic E-state index is 0.267. The summed E-state index contributed by atoms with van der Waals surface area (Å²) >= 11 is 3.49. The van der Waals surface area contributed by atoms with E-state index < -0.39 is 0 Å². The molecule has 4 nitrogen and oxygen atoms in total. The van der Waals surface area contributed by atoms with E-state index in [1.807, 2.05) is 37.3 Å². The van der Waals surface area contributed by atoms with Crippen LogP contribution >= 0.6 is 15.9 Å². The van der Waals surface area contributed by atoms with E-state index in [0.29, 0.717) is 5.58 Å². The summed E-state index contributed by atoms with van der Waals surface area (Å²) in [6.45, 7) is 2.03. The van der Waals surface area contributed by atoms with E-state index in [4.69, 9.17) is 10.2 Å². The van der Waals surface area contributed by atoms with Gasteiger partial charge in [-0.2, -0.15) is 0 Å². The highest BCUT2D eigenvalue weighted by Gasteiger charge is 2.13. The standard InChI is InChI=1S/C16H15BrN2O2/c1-9-5-11(7-12(17)6-9)15(18)10-3-4-13-14(8-10)21-16(20)19(13)2/h3-8,15H,18H2,1-2H3. The molecule has 1 aromatic heterocycles. The van der Waals surface area contributed by atoms with Crippen molar-refractivity contribution >= 4 is 27.0 Å². The molecule has 21 heavy (non-hydrogen) atoms. The summed E-state index contributed by atoms with van der Waals surface area (Å²) in [4.78, 5) is 11.5. The monoisotopic (exact) mass is 346 g/mol. The Morgan fingerprint density at radius 1 is 1.19 bits per heavy atom. The molecule has 2 N–H and O–H groups in total. The number of fused-ring (bicyclic) bond motifs is 1. The lowest BCUT2D eigenvalue weighted by Gasteiger charge is -2.14. The fourth-order valence-corrected chi connectivity index (χ4v) is 3.11. The van der Waals surface area contributed by atoms with Crippen LogP contribution in [-0.2, 0) is 7.05 Å². The average molecular weight is 347 g/mol. The van der Waals surface area contributed by atoms with Crippen molar-refractivity contribution in [3.63, 3.8) is 0 Å². The number of hydrogen-bond acceptors (Lipinski definition) is 3. The Morgan fingerprint density at radius 3 is 2.67 bits per heavy atom. The second-order valence-corrected chi connectivity index (χ2v) is 6.11. The van der Waals surface area contributed by atoms with Crippen LogP contribution in [-0.4, -0.2) is 4.57 Å². The molecule has 0 saturated carbocycles. The predicted octanol–water partition coefficient (Wildman–Crippen LogP) is 3.25. The van der Waals surface area contributed by atoms with Gasteiger partial charge in [0, 0.05) is 11.5 Å². The van der Waals surface area contributed by atoms with Gasteiger partial charge >= 0.3 is 5.76 Å². The van der Waals surface area contributed by atoms with Gasteiger partial charge in [-0.3, -0.25) is 4.57 Å². The maximum absolute atomic E-state index is 11.5. The van der Waals surface area contributed by atoms with Crippen LogP contribution in [0, 0.1) is 6.92 Å². The zero-order chi connectivity index (χ0) is 15.1. The zero-order valence-corrected chi connectivity index (χ0v) is 13.3. The van der Waals surface area contributed by atoms with Gasteiger partial charge in [-0.15, -0.1) is 0 Å². The first-order valence-corrected chi connectivity index (χ1v) is 7.37. The first kappa shape index (κ1) is 14.1. The fraction of sp³-hybridized carbons (Fsp3) is 0.188. The number of hydrogen-bond donors (Lipinski definition) is 1. The summed E-state index contributed by atoms with van der Waals surface area (Å²) in [6, 6.07) is 11.5. The van der Waals surface area contributed by atoms with E-state index in [0.717, 1.165) is 26.7 Å². The van der Waals surface area contributed by atoms with E-state index in [-0.39, 0.29) is 11.8 Å². The molecular weight excluding hydrogens is 332 g/mol. The number of rotatable bonds is 2. The van der Waals surface area contributed by atoms with E-state index in [9.17, 15) is 4.79 Å². The number of halogens is 1. The van der Waals surface area contributed by atoms with Gasteiger partial charge in [0.2, 0.25) is 0 Å². The molecule has 3 rings (SSSR count). The lowest BCUT2D eigenvalue weighted by atomic mass is 9.98. The van der Waals surface area contributed by atoms with Crippen molar-refractivity contribution in [2.75, 3.05) is 0 Å². The second-order valence-electron chi connectivity index (χ2n) is 5.19. The maximum atomic E-state index is 11.5. The number of nitrogens with zero attached hydrogens (tertiary/aromatic N) is 1. The smallest absolute Gasteiger partial charge is 0.408 e. The van der Waals surface area contributed by atoms with Crippen molar-refractivity contribution in [2.45, 2.75) is 13.0 Å². The van der Waals surface area contributed by atoms with E-state index >= 15 is 0 Å². The molecule has 1 unspecified atom stereocenters. The van der Waals surface area contributed by atoms with Gasteiger partial charge in [0.1, 0.15) is 0 Å². The number of benzene rings is 2. The quantitative estimate of drug-likeness (QED) is 0.774. The third-order valence-corrected chi connectivity index (χ3v) is 4.06. The van der Waals surface area contributed by atoms with Crippen LogP contribution in [0.4, 0.5) is 0 Å². The fourth-order valence-electron chi connectivity index (χ4n) is 2.48. The van der Waals surface area contributed by atoms with Gasteiger partial charge in [-0.25, -0.2) is 4.79 Å². The number of oxazole rings is 1. The van der Waals surface area contributed by atoms with E-state index in [2.05, 4.69) is 22.0 Å². The zero-order valence-electron chi connectivity index (χ0n) is 11.8. The van der Waals surface area contributed by atoms with Crippen molar-refractivity contribution in [2.24, 2.45) is 12.8 Å². The van der Waals surface area contributed by atoms with E-state index in [1.165, 1.54) is 4.57 Å². The molecular formula is C16H15BrN2O2. The van der Waals surface area contributed by atoms with Crippen molar-refractivity contribution in [1.29, 1.82) is 0 Å². The molecule has 0 saturated heterocycles. The first-order valence-electron chi connectivity index (χ1n) is 6.58. The molecule has 0 aliphatic heterocycles. The average Bonchev–Trinajstić information content (AvgIpc) is 2.71. The normalized spacial score (nSPS) is 12.8. The first-order chi connectivity index (χ1) is 9.95. The van der Waals surface area contributed by atoms with Crippen molar-refractivity contribution < 1.29 is 4.42 Å². The van der Waals surface area contributed by atoms with Gasteiger partial charge in [-0.1, -0.05) is 28.1 Å². The topological polar surface area (TPSA) is 61.2 Å². The molecule has 2 aromatic carbocycles. The molecule has 0 spiro atoms. The van der Waals surface area contributed by atoms with E-state index in [1.54, 1.807) is 7.05 Å². The molecule has 0 aliphatic carbocycles. The molecule has 0 bridgehead atoms. The Hall–Kier alpha value is -1.85. The van der Waals surface area contributed by atoms with Crippen LogP contribution in [0.1, 0.15) is 22.7 Å². The number of aryl methyl sites for hydroxylation is 2. The molecule has 1 atom stereocenters. The van der Waals surface area contributed by atoms with Crippen molar-refractivity contribution in [1.82, 2.24) is 4.57 Å². The summed E-state index contributed by atoms with van der Waals surface area (Å²) in [5, 5.41) is 0. The maximum Gasteiger partial charge on any atom is 0.419 e. The van der Waals surface area contributed by atoms with Crippen LogP contribution in [0.25, 0.3) is 11.1 Å². The summed E-state index contributed by atoms with van der Waals surface area (Å²) in [7, 11) is 1.69. The van der Waals surface area contributed by atoms with Crippen LogP contribution < -0.4 is 11.5 Å². The molecule has 1 heterocycles. The molecule has 0 amide bonds. The Morgan fingerprint density at radius 2 is 1.95 bits per heavy atom. The lowest BCUT2D eigenvalue weighted by molar-refractivity contribution is 0.527. The van der Waals surface area contributed by atoms with Crippen molar-refractivity contribution in [3.8, 4) is 0 Å². The lowest BCUT2D eigenvalue weighted by Crippen LogP contribution is -2.12. The third kappa shape index (κ3) is 2.54. The summed E-state index contributed by atoms with van der Waals surface area (Å²) in [5.41, 5.74) is 10.7. The van der Waals surface area contributed by atoms with Gasteiger partial charge in [-0.05, 0) is 47.9 Å². The number of aromatic nitrogens is 1. The van der Waals surface area contributed by atoms with Crippen LogP contribution in [0.5, 0.6) is 0 Å². The van der Waals surface area contributed by atoms with Crippen LogP contribution in [0.2, 0.25) is 0 Å². The Bertz CT molecular complexity index is 859. The Kier molecular flexibility index (Phi) is 3.47. The van der Waals surface area contributed by atoms with Crippen LogP contribution in [0.15, 0.2) is 50.1 Å². The summed E-state index contributed by atoms with van der Waals surface area (Å²) < 4.78 is 7.70. The Labute approximate surface area is 130 Å². The van der Waals surface area contributed by atoms with Gasteiger partial charge in [0.05, 0.1) is 11.6 Å². The highest BCUT2D eigenvalue weighted by Crippen LogP contribution is 2.26. The summed E-state index contributed by atoms with van der Waals surface area (Å²) in [6.07, 6.45) is 0. The molecule has 0 radical (unpaired) electrons. The molecule has 0 aliphatic rings. The highest BCUT2D eigenvalue weighted by molar-refractivity contribution is 9.10. The summed E-state index contributed by atoms with van der Waals surface area (Å²) in [5.74, 6) is -0.367. The molecule has 5 heteroatoms. The van der Waals surface area contributed by atoms with Gasteiger partial charge < -0.3 is 10.2 Å². The third-order valence-electron chi connectivity index (χ3n) is 3.60. The SMILES string of the molecule is Cc1cc(Br)cc(C(N)c2ccc3c(c2)oc(=O)n3C)c1. The molecule has 0 fully saturated rings. The minimum atomic E-state index is -0.367. The van der Waals surface area contributed by atoms with Crippen LogP contribution in [0.3, 0.4) is 0 Å².